The predicted octanol–water partition coefficient (Wildman–Crippen LogP) is 0.924. The van der Waals surface area contributed by atoms with Crippen LogP contribution in [0.2, 0.25) is 5.02 Å². The van der Waals surface area contributed by atoms with Crippen LogP contribution in [0.25, 0.3) is 0 Å². The molecule has 1 atom stereocenters. The topological polar surface area (TPSA) is 86.7 Å². The molecule has 0 aromatic heterocycles. The molecule has 0 saturated carbocycles. The maximum atomic E-state index is 12.4. The molecule has 0 radical (unpaired) electrons. The highest BCUT2D eigenvalue weighted by molar-refractivity contribution is 6.30. The van der Waals surface area contributed by atoms with Gasteiger partial charge in [-0.05, 0) is 24.6 Å². The molecule has 2 fully saturated rings. The molecule has 110 valence electrons. The number of likely N-dealkylation sites (tertiary alicyclic amines) is 1. The molecule has 2 aliphatic heterocycles. The monoisotopic (exact) mass is 308 g/mol. The van der Waals surface area contributed by atoms with E-state index in [4.69, 9.17) is 11.6 Å². The number of hydrogen-bond acceptors (Lipinski definition) is 4. The molecule has 21 heavy (non-hydrogen) atoms. The molecule has 2 saturated heterocycles. The predicted molar refractivity (Wildman–Crippen MR) is 73.8 cm³/mol. The highest BCUT2D eigenvalue weighted by Gasteiger charge is 2.51. The maximum Gasteiger partial charge on any atom is 0.257 e. The van der Waals surface area contributed by atoms with Crippen LogP contribution in [0.15, 0.2) is 18.2 Å². The first-order valence-electron chi connectivity index (χ1n) is 6.53. The lowest BCUT2D eigenvalue weighted by Crippen LogP contribution is -2.36. The van der Waals surface area contributed by atoms with Crippen LogP contribution in [0.3, 0.4) is 0 Å². The number of carbonyl (C=O) groups excluding carboxylic acids is 3. The number of halogens is 1. The van der Waals surface area contributed by atoms with E-state index in [1.807, 2.05) is 0 Å². The molecule has 1 aromatic carbocycles. The third-order valence-electron chi connectivity index (χ3n) is 4.06. The van der Waals surface area contributed by atoms with E-state index in [2.05, 4.69) is 5.32 Å². The van der Waals surface area contributed by atoms with Crippen molar-refractivity contribution in [2.24, 2.45) is 5.41 Å². The molecule has 2 aliphatic rings. The summed E-state index contributed by atoms with van der Waals surface area (Å²) in [5.74, 6) is -1.18. The van der Waals surface area contributed by atoms with E-state index in [1.165, 1.54) is 23.1 Å². The maximum absolute atomic E-state index is 12.4. The van der Waals surface area contributed by atoms with Gasteiger partial charge in [0.2, 0.25) is 11.8 Å². The van der Waals surface area contributed by atoms with Crippen LogP contribution in [0.5, 0.6) is 5.75 Å². The summed E-state index contributed by atoms with van der Waals surface area (Å²) in [5.41, 5.74) is -0.671. The molecule has 1 spiro atoms. The number of carbonyl (C=O) groups is 3. The van der Waals surface area contributed by atoms with Crippen LogP contribution in [-0.4, -0.2) is 40.8 Å². The molecule has 2 N–H and O–H groups in total. The van der Waals surface area contributed by atoms with E-state index in [-0.39, 0.29) is 42.0 Å². The van der Waals surface area contributed by atoms with Gasteiger partial charge in [-0.3, -0.25) is 19.7 Å². The minimum absolute atomic E-state index is 0.113. The van der Waals surface area contributed by atoms with Crippen molar-refractivity contribution in [2.45, 2.75) is 12.8 Å². The summed E-state index contributed by atoms with van der Waals surface area (Å²) >= 11 is 5.74. The fraction of sp³-hybridized carbons (Fsp3) is 0.357. The third-order valence-corrected chi connectivity index (χ3v) is 4.30. The minimum Gasteiger partial charge on any atom is -0.507 e. The lowest BCUT2D eigenvalue weighted by atomic mass is 9.85. The highest BCUT2D eigenvalue weighted by Crippen LogP contribution is 2.38. The van der Waals surface area contributed by atoms with Crippen LogP contribution in [0.4, 0.5) is 0 Å². The van der Waals surface area contributed by atoms with E-state index in [1.54, 1.807) is 0 Å². The smallest absolute Gasteiger partial charge is 0.257 e. The fourth-order valence-electron chi connectivity index (χ4n) is 2.92. The number of nitrogens with zero attached hydrogens (tertiary/aromatic N) is 1. The Hall–Kier alpha value is -2.08. The van der Waals surface area contributed by atoms with Crippen LogP contribution >= 0.6 is 11.6 Å². The Morgan fingerprint density at radius 3 is 2.76 bits per heavy atom. The summed E-state index contributed by atoms with van der Waals surface area (Å²) in [5, 5.41) is 12.4. The quantitative estimate of drug-likeness (QED) is 0.755. The number of rotatable bonds is 1. The normalized spacial score (nSPS) is 24.7. The molecule has 0 aliphatic carbocycles. The molecule has 2 heterocycles. The zero-order valence-electron chi connectivity index (χ0n) is 11.1. The number of imide groups is 1. The Bertz CT molecular complexity index is 660. The van der Waals surface area contributed by atoms with E-state index in [0.717, 1.165) is 0 Å². The Labute approximate surface area is 125 Å². The molecule has 6 nitrogen and oxygen atoms in total. The summed E-state index contributed by atoms with van der Waals surface area (Å²) in [4.78, 5) is 37.2. The second kappa shape index (κ2) is 4.73. The first kappa shape index (κ1) is 13.9. The van der Waals surface area contributed by atoms with Gasteiger partial charge in [-0.25, -0.2) is 0 Å². The molecule has 0 bridgehead atoms. The summed E-state index contributed by atoms with van der Waals surface area (Å²) in [6.45, 7) is 0.563. The van der Waals surface area contributed by atoms with Crippen LogP contribution < -0.4 is 5.32 Å². The number of phenolic OH excluding ortho intramolecular Hbond substituents is 1. The minimum atomic E-state index is -0.811. The molecule has 1 aromatic rings. The summed E-state index contributed by atoms with van der Waals surface area (Å²) in [6.07, 6.45) is 0.562. The van der Waals surface area contributed by atoms with Crippen molar-refractivity contribution in [3.8, 4) is 5.75 Å². The van der Waals surface area contributed by atoms with E-state index in [9.17, 15) is 19.5 Å². The van der Waals surface area contributed by atoms with Gasteiger partial charge in [0.15, 0.2) is 0 Å². The lowest BCUT2D eigenvalue weighted by Gasteiger charge is -2.20. The Morgan fingerprint density at radius 1 is 1.38 bits per heavy atom. The summed E-state index contributed by atoms with van der Waals surface area (Å²) < 4.78 is 0. The number of phenols is 1. The number of benzene rings is 1. The number of aromatic hydroxyl groups is 1. The zero-order valence-corrected chi connectivity index (χ0v) is 11.8. The van der Waals surface area contributed by atoms with Gasteiger partial charge < -0.3 is 10.0 Å². The second-order valence-corrected chi connectivity index (χ2v) is 5.91. The first-order valence-corrected chi connectivity index (χ1v) is 6.91. The Balaban J connectivity index is 1.82. The molecule has 3 rings (SSSR count). The number of amides is 3. The zero-order chi connectivity index (χ0) is 15.2. The van der Waals surface area contributed by atoms with Gasteiger partial charge in [0, 0.05) is 24.5 Å². The van der Waals surface area contributed by atoms with Gasteiger partial charge in [-0.15, -0.1) is 0 Å². The van der Waals surface area contributed by atoms with Gasteiger partial charge in [0.1, 0.15) is 5.75 Å². The first-order chi connectivity index (χ1) is 9.91. The van der Waals surface area contributed by atoms with E-state index in [0.29, 0.717) is 18.0 Å². The molecule has 3 amide bonds. The summed E-state index contributed by atoms with van der Waals surface area (Å²) in [6, 6.07) is 4.27. The molecule has 7 heteroatoms. The Morgan fingerprint density at radius 2 is 2.14 bits per heavy atom. The van der Waals surface area contributed by atoms with E-state index >= 15 is 0 Å². The number of nitrogens with one attached hydrogen (secondary N) is 1. The third kappa shape index (κ3) is 2.25. The van der Waals surface area contributed by atoms with Gasteiger partial charge in [0.05, 0.1) is 11.0 Å². The van der Waals surface area contributed by atoms with Crippen molar-refractivity contribution in [3.05, 3.63) is 28.8 Å². The molecular formula is C14H13ClN2O4. The standard InChI is InChI=1S/C14H13ClN2O4/c15-8-1-2-9(10(18)5-8)12(20)17-4-3-14(7-17)6-11(19)16-13(14)21/h1-2,5,18H,3-4,6-7H2,(H,16,19,21). The number of hydrogen-bond donors (Lipinski definition) is 2. The fourth-order valence-corrected chi connectivity index (χ4v) is 3.09. The van der Waals surface area contributed by atoms with Crippen molar-refractivity contribution in [1.29, 1.82) is 0 Å². The second-order valence-electron chi connectivity index (χ2n) is 5.47. The van der Waals surface area contributed by atoms with Crippen LogP contribution in [0.1, 0.15) is 23.2 Å². The van der Waals surface area contributed by atoms with Gasteiger partial charge in [-0.1, -0.05) is 11.6 Å². The molecule has 1 unspecified atom stereocenters. The highest BCUT2D eigenvalue weighted by atomic mass is 35.5. The van der Waals surface area contributed by atoms with Crippen molar-refractivity contribution < 1.29 is 19.5 Å². The molecular weight excluding hydrogens is 296 g/mol. The van der Waals surface area contributed by atoms with Gasteiger partial charge in [-0.2, -0.15) is 0 Å². The largest absolute Gasteiger partial charge is 0.507 e. The lowest BCUT2D eigenvalue weighted by molar-refractivity contribution is -0.128. The summed E-state index contributed by atoms with van der Waals surface area (Å²) in [7, 11) is 0. The van der Waals surface area contributed by atoms with Crippen molar-refractivity contribution in [1.82, 2.24) is 10.2 Å². The van der Waals surface area contributed by atoms with Crippen LogP contribution in [0, 0.1) is 5.41 Å². The SMILES string of the molecule is O=C1CC2(CCN(C(=O)c3ccc(Cl)cc3O)C2)C(=O)N1. The average Bonchev–Trinajstić information content (AvgIpc) is 2.94. The van der Waals surface area contributed by atoms with Crippen LogP contribution in [-0.2, 0) is 9.59 Å². The van der Waals surface area contributed by atoms with Crippen molar-refractivity contribution >= 4 is 29.3 Å². The average molecular weight is 309 g/mol. The van der Waals surface area contributed by atoms with Crippen molar-refractivity contribution in [3.63, 3.8) is 0 Å². The van der Waals surface area contributed by atoms with Gasteiger partial charge in [0.25, 0.3) is 5.91 Å². The van der Waals surface area contributed by atoms with Gasteiger partial charge >= 0.3 is 0 Å². The Kier molecular flexibility index (Phi) is 3.13. The van der Waals surface area contributed by atoms with Crippen molar-refractivity contribution in [2.75, 3.05) is 13.1 Å². The van der Waals surface area contributed by atoms with E-state index < -0.39 is 5.41 Å².